The third-order valence-electron chi connectivity index (χ3n) is 1.56. The molecule has 1 fully saturated rings. The highest BCUT2D eigenvalue weighted by molar-refractivity contribution is 7.78. The first kappa shape index (κ1) is 7.29. The Morgan fingerprint density at radius 1 is 1.30 bits per heavy atom. The van der Waals surface area contributed by atoms with Gasteiger partial charge in [0.05, 0.1) is 17.2 Å². The van der Waals surface area contributed by atoms with Gasteiger partial charge >= 0.3 is 0 Å². The van der Waals surface area contributed by atoms with Gasteiger partial charge in [0.25, 0.3) is 0 Å². The predicted molar refractivity (Wildman–Crippen MR) is 40.0 cm³/mol. The normalized spacial score (nSPS) is 29.2. The van der Waals surface area contributed by atoms with Gasteiger partial charge in [0.15, 0.2) is 0 Å². The molecule has 0 amide bonds. The van der Waals surface area contributed by atoms with Gasteiger partial charge in [-0.1, -0.05) is 0 Å². The molecule has 1 aliphatic carbocycles. The maximum absolute atomic E-state index is 9.71. The molecular weight excluding hydrogens is 148 g/mol. The molecule has 0 atom stereocenters. The summed E-state index contributed by atoms with van der Waals surface area (Å²) in [5.41, 5.74) is 0. The van der Waals surface area contributed by atoms with E-state index in [-0.39, 0.29) is 12.1 Å². The molecule has 0 aromatic rings. The van der Waals surface area contributed by atoms with Crippen molar-refractivity contribution >= 4 is 23.5 Å². The molecule has 0 heterocycles. The Kier molecular flexibility index (Phi) is 2.46. The van der Waals surface area contributed by atoms with Gasteiger partial charge in [0.1, 0.15) is 0 Å². The third-order valence-corrected chi connectivity index (χ3v) is 1.66. The number of hydrogen-bond donors (Lipinski definition) is 0. The van der Waals surface area contributed by atoms with Crippen molar-refractivity contribution in [3.8, 4) is 0 Å². The molecule has 1 saturated carbocycles. The minimum Gasteiger partial charge on any atom is -0.229 e. The van der Waals surface area contributed by atoms with Gasteiger partial charge < -0.3 is 0 Å². The van der Waals surface area contributed by atoms with E-state index in [2.05, 4.69) is 27.4 Å². The highest BCUT2D eigenvalue weighted by atomic mass is 32.1. The van der Waals surface area contributed by atoms with E-state index in [0.717, 1.165) is 12.8 Å². The number of thiocarbonyl (C=S) groups is 1. The van der Waals surface area contributed by atoms with Crippen molar-refractivity contribution in [2.45, 2.75) is 24.9 Å². The molecule has 52 valence electrons. The van der Waals surface area contributed by atoms with Crippen LogP contribution in [0.2, 0.25) is 0 Å². The van der Waals surface area contributed by atoms with Gasteiger partial charge in [-0.25, -0.2) is 14.8 Å². The molecule has 1 rings (SSSR count). The van der Waals surface area contributed by atoms with Gasteiger partial charge in [0.2, 0.25) is 6.08 Å². The number of hydrogen-bond acceptors (Lipinski definition) is 4. The van der Waals surface area contributed by atoms with E-state index < -0.39 is 0 Å². The van der Waals surface area contributed by atoms with E-state index in [9.17, 15) is 4.79 Å². The summed E-state index contributed by atoms with van der Waals surface area (Å²) in [5.74, 6) is 0. The van der Waals surface area contributed by atoms with Crippen LogP contribution in [0.4, 0.5) is 0 Å². The Morgan fingerprint density at radius 2 is 1.90 bits per heavy atom. The van der Waals surface area contributed by atoms with E-state index in [1.807, 2.05) is 0 Å². The Hall–Kier alpha value is -0.820. The number of nitrogens with zero attached hydrogens (tertiary/aromatic N) is 2. The molecular formula is C6H6N2OS. The summed E-state index contributed by atoms with van der Waals surface area (Å²) in [6.45, 7) is 0. The quantitative estimate of drug-likeness (QED) is 0.337. The third kappa shape index (κ3) is 1.58. The Labute approximate surface area is 63.9 Å². The largest absolute Gasteiger partial charge is 0.235 e. The molecule has 0 radical (unpaired) electrons. The van der Waals surface area contributed by atoms with Crippen molar-refractivity contribution in [3.63, 3.8) is 0 Å². The van der Waals surface area contributed by atoms with Crippen LogP contribution in [0, 0.1) is 0 Å². The molecule has 0 saturated heterocycles. The summed E-state index contributed by atoms with van der Waals surface area (Å²) in [6.07, 6.45) is 3.16. The van der Waals surface area contributed by atoms with Crippen LogP contribution in [-0.4, -0.2) is 23.3 Å². The van der Waals surface area contributed by atoms with E-state index >= 15 is 0 Å². The van der Waals surface area contributed by atoms with E-state index in [1.165, 1.54) is 6.08 Å². The van der Waals surface area contributed by atoms with Crippen LogP contribution in [-0.2, 0) is 4.79 Å². The number of carbonyl (C=O) groups excluding carboxylic acids is 1. The summed E-state index contributed by atoms with van der Waals surface area (Å²) in [5, 5.41) is 2.30. The summed E-state index contributed by atoms with van der Waals surface area (Å²) in [6, 6.07) is 0.384. The zero-order chi connectivity index (χ0) is 7.40. The lowest BCUT2D eigenvalue weighted by Crippen LogP contribution is -2.30. The van der Waals surface area contributed by atoms with E-state index in [4.69, 9.17) is 0 Å². The number of rotatable bonds is 2. The van der Waals surface area contributed by atoms with Crippen LogP contribution in [0.25, 0.3) is 0 Å². The zero-order valence-electron chi connectivity index (χ0n) is 5.28. The van der Waals surface area contributed by atoms with Crippen molar-refractivity contribution in [1.29, 1.82) is 0 Å². The van der Waals surface area contributed by atoms with Crippen molar-refractivity contribution in [1.82, 2.24) is 0 Å². The molecule has 10 heavy (non-hydrogen) atoms. The van der Waals surface area contributed by atoms with Crippen LogP contribution in [0.3, 0.4) is 0 Å². The fraction of sp³-hybridized carbons (Fsp3) is 0.667. The second-order valence-corrected chi connectivity index (χ2v) is 2.40. The summed E-state index contributed by atoms with van der Waals surface area (Å²) < 4.78 is 0. The van der Waals surface area contributed by atoms with Crippen LogP contribution >= 0.6 is 12.2 Å². The van der Waals surface area contributed by atoms with Gasteiger partial charge in [-0.3, -0.25) is 0 Å². The molecule has 4 heteroatoms. The van der Waals surface area contributed by atoms with Crippen LogP contribution < -0.4 is 0 Å². The summed E-state index contributed by atoms with van der Waals surface area (Å²) in [7, 11) is 0. The molecule has 0 aromatic carbocycles. The summed E-state index contributed by atoms with van der Waals surface area (Å²) >= 11 is 4.41. The number of isothiocyanates is 1. The molecule has 1 aliphatic rings. The van der Waals surface area contributed by atoms with Crippen molar-refractivity contribution < 1.29 is 4.79 Å². The molecule has 0 spiro atoms. The average Bonchev–Trinajstić information content (AvgIpc) is 1.84. The topological polar surface area (TPSA) is 41.8 Å². The zero-order valence-corrected chi connectivity index (χ0v) is 6.10. The van der Waals surface area contributed by atoms with Crippen LogP contribution in [0.5, 0.6) is 0 Å². The maximum Gasteiger partial charge on any atom is 0.235 e. The van der Waals surface area contributed by atoms with Gasteiger partial charge in [0, 0.05) is 0 Å². The predicted octanol–water partition coefficient (Wildman–Crippen LogP) is 0.956. The molecule has 0 aliphatic heterocycles. The lowest BCUT2D eigenvalue weighted by atomic mass is 9.88. The minimum atomic E-state index is 0.134. The first-order valence-electron chi connectivity index (χ1n) is 3.00. The molecule has 0 N–H and O–H groups in total. The number of aliphatic imine (C=N–C) groups is 2. The molecule has 0 aromatic heterocycles. The number of isocyanates is 1. The lowest BCUT2D eigenvalue weighted by Gasteiger charge is -2.26. The fourth-order valence-corrected chi connectivity index (χ4v) is 1.07. The molecule has 0 bridgehead atoms. The van der Waals surface area contributed by atoms with Crippen LogP contribution in [0.15, 0.2) is 9.98 Å². The van der Waals surface area contributed by atoms with Gasteiger partial charge in [-0.05, 0) is 25.1 Å². The van der Waals surface area contributed by atoms with Crippen molar-refractivity contribution in [3.05, 3.63) is 0 Å². The molecule has 0 unspecified atom stereocenters. The Balaban J connectivity index is 2.30. The van der Waals surface area contributed by atoms with E-state index in [1.54, 1.807) is 0 Å². The highest BCUT2D eigenvalue weighted by Crippen LogP contribution is 2.25. The minimum absolute atomic E-state index is 0.134. The first-order valence-corrected chi connectivity index (χ1v) is 3.41. The monoisotopic (exact) mass is 154 g/mol. The smallest absolute Gasteiger partial charge is 0.229 e. The van der Waals surface area contributed by atoms with Crippen LogP contribution in [0.1, 0.15) is 12.8 Å². The average molecular weight is 154 g/mol. The highest BCUT2D eigenvalue weighted by Gasteiger charge is 2.27. The van der Waals surface area contributed by atoms with Crippen molar-refractivity contribution in [2.24, 2.45) is 9.98 Å². The van der Waals surface area contributed by atoms with Gasteiger partial charge in [-0.15, -0.1) is 0 Å². The maximum atomic E-state index is 9.71. The Bertz CT molecular complexity index is 188. The summed E-state index contributed by atoms with van der Waals surface area (Å²) in [4.78, 5) is 17.1. The molecule has 3 nitrogen and oxygen atoms in total. The van der Waals surface area contributed by atoms with Crippen molar-refractivity contribution in [2.75, 3.05) is 0 Å². The van der Waals surface area contributed by atoms with Gasteiger partial charge in [-0.2, -0.15) is 0 Å². The lowest BCUT2D eigenvalue weighted by molar-refractivity contribution is 0.356. The second kappa shape index (κ2) is 3.37. The van der Waals surface area contributed by atoms with E-state index in [0.29, 0.717) is 0 Å². The SMILES string of the molecule is O=C=NC1CC(N=C=S)C1. The standard InChI is InChI=1S/C6H6N2OS/c9-3-7-5-1-6(2-5)8-4-10/h5-6H,1-2H2. The second-order valence-electron chi connectivity index (χ2n) is 2.22. The first-order chi connectivity index (χ1) is 4.86. The Morgan fingerprint density at radius 3 is 2.40 bits per heavy atom. The fourth-order valence-electron chi connectivity index (χ4n) is 0.919.